The number of hydrogen-bond acceptors (Lipinski definition) is 3. The molecule has 0 aromatic carbocycles. The first kappa shape index (κ1) is 11.5. The molecule has 0 radical (unpaired) electrons. The molecule has 3 rings (SSSR count). The van der Waals surface area contributed by atoms with E-state index in [2.05, 4.69) is 22.2 Å². The van der Waals surface area contributed by atoms with Gasteiger partial charge in [0.25, 0.3) is 0 Å². The molecule has 2 saturated heterocycles. The highest BCUT2D eigenvalue weighted by atomic mass is 16.2. The number of carbonyl (C=O) groups excluding carboxylic acids is 1. The molecule has 4 nitrogen and oxygen atoms in total. The average molecular weight is 237 g/mol. The molecular formula is C13H23N3O. The number of nitrogens with one attached hydrogen (secondary N) is 1. The van der Waals surface area contributed by atoms with E-state index in [0.717, 1.165) is 26.1 Å². The Kier molecular flexibility index (Phi) is 2.87. The minimum atomic E-state index is -0.171. The van der Waals surface area contributed by atoms with Crippen molar-refractivity contribution in [2.45, 2.75) is 50.1 Å². The highest BCUT2D eigenvalue weighted by Gasteiger charge is 2.49. The second-order valence-corrected chi connectivity index (χ2v) is 5.96. The fraction of sp³-hybridized carbons (Fsp3) is 0.923. The lowest BCUT2D eigenvalue weighted by Gasteiger charge is -2.36. The summed E-state index contributed by atoms with van der Waals surface area (Å²) in [5, 5.41) is 3.50. The molecule has 17 heavy (non-hydrogen) atoms. The van der Waals surface area contributed by atoms with E-state index in [-0.39, 0.29) is 5.54 Å². The van der Waals surface area contributed by atoms with Crippen molar-refractivity contribution in [1.82, 2.24) is 15.1 Å². The first-order valence-electron chi connectivity index (χ1n) is 6.96. The molecule has 96 valence electrons. The molecule has 4 heteroatoms. The Balaban J connectivity index is 1.71. The number of piperidine rings is 1. The van der Waals surface area contributed by atoms with Crippen molar-refractivity contribution in [3.05, 3.63) is 0 Å². The highest BCUT2D eigenvalue weighted by molar-refractivity contribution is 5.89. The highest BCUT2D eigenvalue weighted by Crippen LogP contribution is 2.35. The second kappa shape index (κ2) is 4.25. The van der Waals surface area contributed by atoms with Gasteiger partial charge in [0, 0.05) is 12.6 Å². The molecule has 0 aromatic heterocycles. The molecule has 0 bridgehead atoms. The predicted octanol–water partition coefficient (Wildman–Crippen LogP) is 0.783. The third-order valence-corrected chi connectivity index (χ3v) is 4.76. The third kappa shape index (κ3) is 1.87. The third-order valence-electron chi connectivity index (χ3n) is 4.76. The first-order valence-corrected chi connectivity index (χ1v) is 6.96. The number of amides is 1. The minimum absolute atomic E-state index is 0.171. The molecular weight excluding hydrogens is 214 g/mol. The Morgan fingerprint density at radius 3 is 2.76 bits per heavy atom. The smallest absolute Gasteiger partial charge is 0.244 e. The van der Waals surface area contributed by atoms with Gasteiger partial charge in [0.1, 0.15) is 0 Å². The zero-order valence-electron chi connectivity index (χ0n) is 10.7. The van der Waals surface area contributed by atoms with Crippen LogP contribution in [0, 0.1) is 0 Å². The Labute approximate surface area is 103 Å². The van der Waals surface area contributed by atoms with Crippen LogP contribution in [0.2, 0.25) is 0 Å². The molecule has 2 aliphatic heterocycles. The van der Waals surface area contributed by atoms with Crippen LogP contribution in [0.25, 0.3) is 0 Å². The van der Waals surface area contributed by atoms with E-state index in [0.29, 0.717) is 11.9 Å². The lowest BCUT2D eigenvalue weighted by Crippen LogP contribution is -2.50. The summed E-state index contributed by atoms with van der Waals surface area (Å²) in [4.78, 5) is 17.0. The van der Waals surface area contributed by atoms with Crippen molar-refractivity contribution in [1.29, 1.82) is 0 Å². The Morgan fingerprint density at radius 2 is 2.06 bits per heavy atom. The van der Waals surface area contributed by atoms with E-state index >= 15 is 0 Å². The second-order valence-electron chi connectivity index (χ2n) is 5.96. The molecule has 3 aliphatic rings. The summed E-state index contributed by atoms with van der Waals surface area (Å²) in [6.07, 6.45) is 6.90. The van der Waals surface area contributed by atoms with E-state index in [9.17, 15) is 4.79 Å². The lowest BCUT2D eigenvalue weighted by molar-refractivity contribution is -0.135. The number of carbonyl (C=O) groups is 1. The van der Waals surface area contributed by atoms with E-state index in [4.69, 9.17) is 0 Å². The Bertz CT molecular complexity index is 312. The van der Waals surface area contributed by atoms with E-state index in [1.165, 1.54) is 32.2 Å². The van der Waals surface area contributed by atoms with Gasteiger partial charge in [-0.05, 0) is 39.3 Å². The molecule has 2 heterocycles. The molecule has 1 N–H and O–H groups in total. The van der Waals surface area contributed by atoms with Gasteiger partial charge < -0.3 is 9.80 Å². The lowest BCUT2D eigenvalue weighted by atomic mass is 9.96. The van der Waals surface area contributed by atoms with Gasteiger partial charge >= 0.3 is 0 Å². The van der Waals surface area contributed by atoms with Gasteiger partial charge in [0.15, 0.2) is 0 Å². The van der Waals surface area contributed by atoms with Crippen LogP contribution in [-0.2, 0) is 4.79 Å². The maximum absolute atomic E-state index is 12.6. The quantitative estimate of drug-likeness (QED) is 0.732. The van der Waals surface area contributed by atoms with Gasteiger partial charge in [-0.25, -0.2) is 0 Å². The van der Waals surface area contributed by atoms with Crippen LogP contribution in [0.15, 0.2) is 0 Å². The molecule has 1 amide bonds. The maximum Gasteiger partial charge on any atom is 0.244 e. The number of rotatable bonds is 1. The van der Waals surface area contributed by atoms with Crippen molar-refractivity contribution >= 4 is 5.91 Å². The first-order chi connectivity index (χ1) is 8.21. The van der Waals surface area contributed by atoms with Crippen LogP contribution < -0.4 is 5.32 Å². The van der Waals surface area contributed by atoms with Crippen LogP contribution in [0.5, 0.6) is 0 Å². The van der Waals surface area contributed by atoms with Crippen LogP contribution in [-0.4, -0.2) is 54.1 Å². The Hall–Kier alpha value is -0.610. The maximum atomic E-state index is 12.6. The molecule has 1 spiro atoms. The predicted molar refractivity (Wildman–Crippen MR) is 66.6 cm³/mol. The number of likely N-dealkylation sites (tertiary alicyclic amines) is 1. The topological polar surface area (TPSA) is 35.6 Å². The zero-order valence-corrected chi connectivity index (χ0v) is 10.7. The van der Waals surface area contributed by atoms with Crippen LogP contribution >= 0.6 is 0 Å². The van der Waals surface area contributed by atoms with Gasteiger partial charge in [0.05, 0.1) is 12.2 Å². The standard InChI is InChI=1S/C13H23N3O/c1-15-8-4-5-11(9-15)16-10-14-13(12(16)17)6-2-3-7-13/h11,14H,2-10H2,1H3. The van der Waals surface area contributed by atoms with Crippen LogP contribution in [0.4, 0.5) is 0 Å². The number of nitrogens with zero attached hydrogens (tertiary/aromatic N) is 2. The Morgan fingerprint density at radius 1 is 1.29 bits per heavy atom. The normalized spacial score (nSPS) is 33.8. The van der Waals surface area contributed by atoms with Crippen molar-refractivity contribution in [2.24, 2.45) is 0 Å². The van der Waals surface area contributed by atoms with E-state index in [1.807, 2.05) is 0 Å². The largest absolute Gasteiger partial charge is 0.324 e. The minimum Gasteiger partial charge on any atom is -0.324 e. The zero-order chi connectivity index (χ0) is 11.9. The summed E-state index contributed by atoms with van der Waals surface area (Å²) in [7, 11) is 2.16. The molecule has 1 atom stereocenters. The molecule has 1 unspecified atom stereocenters. The fourth-order valence-electron chi connectivity index (χ4n) is 3.72. The fourth-order valence-corrected chi connectivity index (χ4v) is 3.72. The van der Waals surface area contributed by atoms with Crippen molar-refractivity contribution in [3.63, 3.8) is 0 Å². The van der Waals surface area contributed by atoms with Crippen LogP contribution in [0.1, 0.15) is 38.5 Å². The van der Waals surface area contributed by atoms with Crippen molar-refractivity contribution in [2.75, 3.05) is 26.8 Å². The average Bonchev–Trinajstić information content (AvgIpc) is 2.90. The van der Waals surface area contributed by atoms with E-state index in [1.54, 1.807) is 0 Å². The SMILES string of the molecule is CN1CCCC(N2CNC3(CCCC3)C2=O)C1. The summed E-state index contributed by atoms with van der Waals surface area (Å²) in [5.41, 5.74) is -0.171. The number of hydrogen-bond donors (Lipinski definition) is 1. The van der Waals surface area contributed by atoms with Crippen molar-refractivity contribution < 1.29 is 4.79 Å². The summed E-state index contributed by atoms with van der Waals surface area (Å²) >= 11 is 0. The van der Waals surface area contributed by atoms with E-state index < -0.39 is 0 Å². The van der Waals surface area contributed by atoms with Gasteiger partial charge in [-0.3, -0.25) is 10.1 Å². The van der Waals surface area contributed by atoms with Gasteiger partial charge in [0.2, 0.25) is 5.91 Å². The number of likely N-dealkylation sites (N-methyl/N-ethyl adjacent to an activating group) is 1. The summed E-state index contributed by atoms with van der Waals surface area (Å²) in [6, 6.07) is 0.439. The van der Waals surface area contributed by atoms with Gasteiger partial charge in [-0.1, -0.05) is 12.8 Å². The molecule has 1 saturated carbocycles. The summed E-state index contributed by atoms with van der Waals surface area (Å²) in [5.74, 6) is 0.385. The molecule has 1 aliphatic carbocycles. The monoisotopic (exact) mass is 237 g/mol. The molecule has 3 fully saturated rings. The summed E-state index contributed by atoms with van der Waals surface area (Å²) < 4.78 is 0. The van der Waals surface area contributed by atoms with Crippen molar-refractivity contribution in [3.8, 4) is 0 Å². The molecule has 0 aromatic rings. The van der Waals surface area contributed by atoms with Crippen LogP contribution in [0.3, 0.4) is 0 Å². The van der Waals surface area contributed by atoms with Gasteiger partial charge in [-0.15, -0.1) is 0 Å². The summed E-state index contributed by atoms with van der Waals surface area (Å²) in [6.45, 7) is 3.00. The van der Waals surface area contributed by atoms with Gasteiger partial charge in [-0.2, -0.15) is 0 Å².